The van der Waals surface area contributed by atoms with Gasteiger partial charge in [-0.25, -0.2) is 9.78 Å². The molecule has 2 heterocycles. The normalized spacial score (nSPS) is 14.2. The van der Waals surface area contributed by atoms with E-state index in [0.29, 0.717) is 43.3 Å². The van der Waals surface area contributed by atoms with Gasteiger partial charge in [-0.3, -0.25) is 4.79 Å². The van der Waals surface area contributed by atoms with Crippen LogP contribution in [0.3, 0.4) is 0 Å². The summed E-state index contributed by atoms with van der Waals surface area (Å²) in [6, 6.07) is 17.3. The molecule has 1 fully saturated rings. The van der Waals surface area contributed by atoms with E-state index in [1.54, 1.807) is 12.3 Å². The second-order valence-corrected chi connectivity index (χ2v) is 8.52. The average Bonchev–Trinajstić information content (AvgIpc) is 3.34. The Morgan fingerprint density at radius 1 is 1.06 bits per heavy atom. The van der Waals surface area contributed by atoms with E-state index in [1.165, 1.54) is 11.3 Å². The molecule has 166 valence electrons. The molecule has 4 rings (SSSR count). The van der Waals surface area contributed by atoms with Crippen LogP contribution in [0.4, 0.5) is 0 Å². The standard InChI is InChI=1S/C25H26N2O4S/c1-2-30-25(29)21-17-32-23(26-21)19-12-14-27(15-13-19)24(28)20-10-6-7-11-22(20)31-16-18-8-4-3-5-9-18/h3-11,17,19H,2,12-16H2,1H3. The molecule has 1 aliphatic heterocycles. The molecule has 0 atom stereocenters. The van der Waals surface area contributed by atoms with Crippen molar-refractivity contribution in [2.24, 2.45) is 0 Å². The number of likely N-dealkylation sites (tertiary alicyclic amines) is 1. The second kappa shape index (κ2) is 10.4. The Bertz CT molecular complexity index is 1060. The maximum absolute atomic E-state index is 13.2. The number of nitrogens with zero attached hydrogens (tertiary/aromatic N) is 2. The minimum atomic E-state index is -0.380. The number of ether oxygens (including phenoxy) is 2. The molecule has 32 heavy (non-hydrogen) atoms. The smallest absolute Gasteiger partial charge is 0.357 e. The first-order chi connectivity index (χ1) is 15.7. The van der Waals surface area contributed by atoms with Crippen LogP contribution in [0.5, 0.6) is 5.75 Å². The number of carbonyl (C=O) groups is 2. The zero-order valence-corrected chi connectivity index (χ0v) is 18.8. The number of hydrogen-bond donors (Lipinski definition) is 0. The lowest BCUT2D eigenvalue weighted by molar-refractivity contribution is 0.0520. The van der Waals surface area contributed by atoms with E-state index in [9.17, 15) is 9.59 Å². The van der Waals surface area contributed by atoms with Crippen LogP contribution in [0.15, 0.2) is 60.0 Å². The van der Waals surface area contributed by atoms with Gasteiger partial charge in [-0.2, -0.15) is 0 Å². The maximum atomic E-state index is 13.2. The topological polar surface area (TPSA) is 68.7 Å². The van der Waals surface area contributed by atoms with E-state index in [2.05, 4.69) is 4.98 Å². The highest BCUT2D eigenvalue weighted by molar-refractivity contribution is 7.09. The quantitative estimate of drug-likeness (QED) is 0.478. The Kier molecular flexibility index (Phi) is 7.17. The zero-order chi connectivity index (χ0) is 22.3. The SMILES string of the molecule is CCOC(=O)c1csc(C2CCN(C(=O)c3ccccc3OCc3ccccc3)CC2)n1. The summed E-state index contributed by atoms with van der Waals surface area (Å²) in [5.74, 6) is 0.451. The molecule has 1 aromatic heterocycles. The Morgan fingerprint density at radius 3 is 2.53 bits per heavy atom. The van der Waals surface area contributed by atoms with Crippen LogP contribution in [-0.2, 0) is 11.3 Å². The number of esters is 1. The maximum Gasteiger partial charge on any atom is 0.357 e. The summed E-state index contributed by atoms with van der Waals surface area (Å²) in [7, 11) is 0. The van der Waals surface area contributed by atoms with Crippen molar-refractivity contribution in [3.63, 3.8) is 0 Å². The minimum Gasteiger partial charge on any atom is -0.488 e. The first-order valence-corrected chi connectivity index (χ1v) is 11.7. The summed E-state index contributed by atoms with van der Waals surface area (Å²) < 4.78 is 11.0. The van der Waals surface area contributed by atoms with Crippen molar-refractivity contribution in [2.45, 2.75) is 32.3 Å². The van der Waals surface area contributed by atoms with Gasteiger partial charge in [-0.15, -0.1) is 11.3 Å². The first-order valence-electron chi connectivity index (χ1n) is 10.8. The molecule has 0 aliphatic carbocycles. The highest BCUT2D eigenvalue weighted by Crippen LogP contribution is 2.32. The molecule has 0 N–H and O–H groups in total. The van der Waals surface area contributed by atoms with Crippen LogP contribution in [-0.4, -0.2) is 41.5 Å². The number of rotatable bonds is 7. The van der Waals surface area contributed by atoms with E-state index >= 15 is 0 Å². The molecular weight excluding hydrogens is 424 g/mol. The number of benzene rings is 2. The fraction of sp³-hybridized carbons (Fsp3) is 0.320. The number of amides is 1. The summed E-state index contributed by atoms with van der Waals surface area (Å²) in [5, 5.41) is 2.69. The predicted octanol–water partition coefficient (Wildman–Crippen LogP) is 4.92. The molecule has 0 unspecified atom stereocenters. The van der Waals surface area contributed by atoms with E-state index in [1.807, 2.05) is 59.5 Å². The summed E-state index contributed by atoms with van der Waals surface area (Å²) in [5.41, 5.74) is 2.01. The fourth-order valence-corrected chi connectivity index (χ4v) is 4.74. The third-order valence-corrected chi connectivity index (χ3v) is 6.50. The Labute approximate surface area is 191 Å². The van der Waals surface area contributed by atoms with Crippen LogP contribution in [0.2, 0.25) is 0 Å². The van der Waals surface area contributed by atoms with Gasteiger partial charge in [0.25, 0.3) is 5.91 Å². The number of aromatic nitrogens is 1. The Morgan fingerprint density at radius 2 is 1.78 bits per heavy atom. The van der Waals surface area contributed by atoms with Crippen molar-refractivity contribution in [1.29, 1.82) is 0 Å². The predicted molar refractivity (Wildman–Crippen MR) is 123 cm³/mol. The van der Waals surface area contributed by atoms with Gasteiger partial charge >= 0.3 is 5.97 Å². The second-order valence-electron chi connectivity index (χ2n) is 7.63. The molecule has 3 aromatic rings. The fourth-order valence-electron chi connectivity index (χ4n) is 3.78. The van der Waals surface area contributed by atoms with Crippen molar-refractivity contribution in [2.75, 3.05) is 19.7 Å². The highest BCUT2D eigenvalue weighted by Gasteiger charge is 2.28. The molecule has 0 saturated carbocycles. The number of hydrogen-bond acceptors (Lipinski definition) is 6. The average molecular weight is 451 g/mol. The van der Waals surface area contributed by atoms with Crippen molar-refractivity contribution in [1.82, 2.24) is 9.88 Å². The highest BCUT2D eigenvalue weighted by atomic mass is 32.1. The van der Waals surface area contributed by atoms with Crippen LogP contribution in [0.25, 0.3) is 0 Å². The van der Waals surface area contributed by atoms with Crippen molar-refractivity contribution < 1.29 is 19.1 Å². The lowest BCUT2D eigenvalue weighted by Gasteiger charge is -2.31. The molecule has 0 bridgehead atoms. The number of thiazole rings is 1. The Balaban J connectivity index is 1.37. The van der Waals surface area contributed by atoms with Crippen LogP contribution in [0.1, 0.15) is 57.1 Å². The largest absolute Gasteiger partial charge is 0.488 e. The van der Waals surface area contributed by atoms with E-state index in [0.717, 1.165) is 23.4 Å². The lowest BCUT2D eigenvalue weighted by atomic mass is 9.97. The molecule has 1 saturated heterocycles. The molecule has 0 spiro atoms. The van der Waals surface area contributed by atoms with Crippen molar-refractivity contribution in [3.8, 4) is 5.75 Å². The van der Waals surface area contributed by atoms with Crippen LogP contribution >= 0.6 is 11.3 Å². The van der Waals surface area contributed by atoms with Gasteiger partial charge in [0.2, 0.25) is 0 Å². The molecule has 1 aliphatic rings. The molecule has 1 amide bonds. The van der Waals surface area contributed by atoms with Gasteiger partial charge in [0.15, 0.2) is 5.69 Å². The minimum absolute atomic E-state index is 0.0153. The summed E-state index contributed by atoms with van der Waals surface area (Å²) in [4.78, 5) is 31.4. The van der Waals surface area contributed by atoms with E-state index < -0.39 is 0 Å². The molecule has 2 aromatic carbocycles. The molecule has 7 heteroatoms. The third-order valence-electron chi connectivity index (χ3n) is 5.49. The van der Waals surface area contributed by atoms with E-state index in [-0.39, 0.29) is 17.8 Å². The van der Waals surface area contributed by atoms with Gasteiger partial charge in [-0.1, -0.05) is 42.5 Å². The summed E-state index contributed by atoms with van der Waals surface area (Å²) >= 11 is 1.49. The van der Waals surface area contributed by atoms with Gasteiger partial charge in [0, 0.05) is 24.4 Å². The van der Waals surface area contributed by atoms with Crippen LogP contribution in [0, 0.1) is 0 Å². The monoisotopic (exact) mass is 450 g/mol. The number of carbonyl (C=O) groups excluding carboxylic acids is 2. The van der Waals surface area contributed by atoms with Gasteiger partial charge in [-0.05, 0) is 37.5 Å². The lowest BCUT2D eigenvalue weighted by Crippen LogP contribution is -2.38. The van der Waals surface area contributed by atoms with Crippen LogP contribution < -0.4 is 4.74 Å². The first kappa shape index (κ1) is 22.0. The van der Waals surface area contributed by atoms with Gasteiger partial charge in [0.05, 0.1) is 17.2 Å². The van der Waals surface area contributed by atoms with Crippen molar-refractivity contribution >= 4 is 23.2 Å². The summed E-state index contributed by atoms with van der Waals surface area (Å²) in [6.45, 7) is 3.82. The van der Waals surface area contributed by atoms with Crippen molar-refractivity contribution in [3.05, 3.63) is 81.8 Å². The summed E-state index contributed by atoms with van der Waals surface area (Å²) in [6.07, 6.45) is 1.63. The van der Waals surface area contributed by atoms with E-state index in [4.69, 9.17) is 9.47 Å². The number of para-hydroxylation sites is 1. The molecular formula is C25H26N2O4S. The Hall–Kier alpha value is -3.19. The third kappa shape index (κ3) is 5.16. The zero-order valence-electron chi connectivity index (χ0n) is 18.0. The molecule has 6 nitrogen and oxygen atoms in total. The molecule has 0 radical (unpaired) electrons. The van der Waals surface area contributed by atoms with Gasteiger partial charge < -0.3 is 14.4 Å². The number of piperidine rings is 1. The van der Waals surface area contributed by atoms with Gasteiger partial charge in [0.1, 0.15) is 12.4 Å².